The molecule has 0 aromatic rings. The van der Waals surface area contributed by atoms with Crippen molar-refractivity contribution in [1.82, 2.24) is 10.6 Å². The number of nitrogens with two attached hydrogens (primary N) is 1. The third-order valence-electron chi connectivity index (χ3n) is 3.11. The molecule has 9 nitrogen and oxygen atoms in total. The predicted molar refractivity (Wildman–Crippen MR) is 94.2 cm³/mol. The fraction of sp³-hybridized carbons (Fsp3) is 0.733. The van der Waals surface area contributed by atoms with Crippen LogP contribution in [0.4, 0.5) is 0 Å². The van der Waals surface area contributed by atoms with Crippen molar-refractivity contribution in [2.24, 2.45) is 5.73 Å². The second kappa shape index (κ2) is 9.62. The summed E-state index contributed by atoms with van der Waals surface area (Å²) in [5.41, 5.74) is 4.02. The summed E-state index contributed by atoms with van der Waals surface area (Å²) >= 11 is 1.43. The summed E-state index contributed by atoms with van der Waals surface area (Å²) < 4.78 is -0.176. The Hall–Kier alpha value is -1.81. The SMILES string of the molecule is CC(C)(C)SC[C@](C)(NC(=O)CC[C@H](N)C(=O)O)C(=O)NCC(=O)O. The molecule has 2 amide bonds. The minimum Gasteiger partial charge on any atom is -0.480 e. The molecule has 2 atom stereocenters. The van der Waals surface area contributed by atoms with Crippen LogP contribution < -0.4 is 16.4 Å². The molecule has 0 rings (SSSR count). The maximum atomic E-state index is 12.3. The number of rotatable bonds is 10. The van der Waals surface area contributed by atoms with E-state index in [1.807, 2.05) is 20.8 Å². The van der Waals surface area contributed by atoms with E-state index in [2.05, 4.69) is 10.6 Å². The maximum absolute atomic E-state index is 12.3. The second-order valence-corrected chi connectivity index (χ2v) is 8.64. The fourth-order valence-corrected chi connectivity index (χ4v) is 2.58. The van der Waals surface area contributed by atoms with Gasteiger partial charge in [0, 0.05) is 16.9 Å². The predicted octanol–water partition coefficient (Wildman–Crippen LogP) is -0.214. The molecule has 0 bridgehead atoms. The minimum absolute atomic E-state index is 0.0690. The quantitative estimate of drug-likeness (QED) is 0.349. The lowest BCUT2D eigenvalue weighted by Gasteiger charge is -2.32. The summed E-state index contributed by atoms with van der Waals surface area (Å²) in [6.45, 7) is 6.77. The molecule has 25 heavy (non-hydrogen) atoms. The summed E-state index contributed by atoms with van der Waals surface area (Å²) in [6, 6.07) is -1.17. The van der Waals surface area contributed by atoms with E-state index >= 15 is 0 Å². The Balaban J connectivity index is 4.98. The zero-order valence-electron chi connectivity index (χ0n) is 14.9. The van der Waals surface area contributed by atoms with E-state index in [-0.39, 0.29) is 23.3 Å². The Labute approximate surface area is 151 Å². The zero-order chi connectivity index (χ0) is 19.8. The monoisotopic (exact) mass is 377 g/mol. The molecule has 0 aliphatic carbocycles. The van der Waals surface area contributed by atoms with Gasteiger partial charge < -0.3 is 26.6 Å². The van der Waals surface area contributed by atoms with E-state index in [9.17, 15) is 19.2 Å². The zero-order valence-corrected chi connectivity index (χ0v) is 15.7. The number of amides is 2. The highest BCUT2D eigenvalue weighted by Gasteiger charge is 2.36. The highest BCUT2D eigenvalue weighted by molar-refractivity contribution is 8.00. The Morgan fingerprint density at radius 1 is 1.12 bits per heavy atom. The first kappa shape index (κ1) is 23.2. The Morgan fingerprint density at radius 2 is 1.68 bits per heavy atom. The number of thioether (sulfide) groups is 1. The molecule has 0 spiro atoms. The van der Waals surface area contributed by atoms with Gasteiger partial charge in [-0.1, -0.05) is 20.8 Å². The van der Waals surface area contributed by atoms with Gasteiger partial charge in [-0.2, -0.15) is 11.8 Å². The van der Waals surface area contributed by atoms with Gasteiger partial charge >= 0.3 is 11.9 Å². The van der Waals surface area contributed by atoms with E-state index in [4.69, 9.17) is 15.9 Å². The largest absolute Gasteiger partial charge is 0.480 e. The van der Waals surface area contributed by atoms with Crippen LogP contribution >= 0.6 is 11.8 Å². The van der Waals surface area contributed by atoms with Gasteiger partial charge in [0.2, 0.25) is 11.8 Å². The van der Waals surface area contributed by atoms with Crippen LogP contribution in [0.25, 0.3) is 0 Å². The molecule has 144 valence electrons. The van der Waals surface area contributed by atoms with E-state index in [0.29, 0.717) is 0 Å². The first-order chi connectivity index (χ1) is 11.3. The number of aliphatic carboxylic acids is 2. The lowest BCUT2D eigenvalue weighted by Crippen LogP contribution is -2.59. The summed E-state index contributed by atoms with van der Waals surface area (Å²) in [4.78, 5) is 45.8. The molecule has 0 heterocycles. The van der Waals surface area contributed by atoms with Gasteiger partial charge in [0.05, 0.1) is 0 Å². The number of hydrogen-bond donors (Lipinski definition) is 5. The number of carboxylic acid groups (broad SMARTS) is 2. The van der Waals surface area contributed by atoms with Crippen molar-refractivity contribution in [2.45, 2.75) is 56.9 Å². The van der Waals surface area contributed by atoms with E-state index < -0.39 is 41.9 Å². The van der Waals surface area contributed by atoms with Gasteiger partial charge in [-0.25, -0.2) is 0 Å². The lowest BCUT2D eigenvalue weighted by atomic mass is 10.0. The Morgan fingerprint density at radius 3 is 2.12 bits per heavy atom. The third kappa shape index (κ3) is 9.92. The molecule has 0 aromatic carbocycles. The number of carbonyl (C=O) groups excluding carboxylic acids is 2. The van der Waals surface area contributed by atoms with Gasteiger partial charge in [0.15, 0.2) is 0 Å². The number of carbonyl (C=O) groups is 4. The van der Waals surface area contributed by atoms with Crippen LogP contribution in [0.5, 0.6) is 0 Å². The first-order valence-electron chi connectivity index (χ1n) is 7.70. The summed E-state index contributed by atoms with van der Waals surface area (Å²) in [5, 5.41) is 22.3. The van der Waals surface area contributed by atoms with Crippen LogP contribution in [0.15, 0.2) is 0 Å². The standard InChI is InChI=1S/C15H27N3O6S/c1-14(2,3)25-8-15(4,13(24)17-7-11(20)21)18-10(19)6-5-9(16)12(22)23/h9H,5-8,16H2,1-4H3,(H,17,24)(H,18,19)(H,20,21)(H,22,23)/t9-,15-/m0/s1. The van der Waals surface area contributed by atoms with Crippen molar-refractivity contribution < 1.29 is 29.4 Å². The smallest absolute Gasteiger partial charge is 0.322 e. The number of hydrogen-bond acceptors (Lipinski definition) is 6. The molecule has 10 heteroatoms. The van der Waals surface area contributed by atoms with Gasteiger partial charge in [0.25, 0.3) is 0 Å². The highest BCUT2D eigenvalue weighted by Crippen LogP contribution is 2.27. The molecular formula is C15H27N3O6S. The Bertz CT molecular complexity index is 520. The summed E-state index contributed by atoms with van der Waals surface area (Å²) in [5.74, 6) is -3.34. The van der Waals surface area contributed by atoms with Gasteiger partial charge in [0.1, 0.15) is 18.1 Å². The average molecular weight is 377 g/mol. The molecule has 0 unspecified atom stereocenters. The van der Waals surface area contributed by atoms with Gasteiger partial charge in [-0.15, -0.1) is 0 Å². The highest BCUT2D eigenvalue weighted by atomic mass is 32.2. The lowest BCUT2D eigenvalue weighted by molar-refractivity contribution is -0.139. The van der Waals surface area contributed by atoms with Crippen LogP contribution in [-0.2, 0) is 19.2 Å². The van der Waals surface area contributed by atoms with Crippen molar-refractivity contribution in [2.75, 3.05) is 12.3 Å². The van der Waals surface area contributed by atoms with E-state index in [1.54, 1.807) is 0 Å². The van der Waals surface area contributed by atoms with Crippen LogP contribution in [0.1, 0.15) is 40.5 Å². The van der Waals surface area contributed by atoms with Crippen LogP contribution in [0.2, 0.25) is 0 Å². The van der Waals surface area contributed by atoms with Crippen LogP contribution in [0, 0.1) is 0 Å². The molecule has 0 saturated heterocycles. The van der Waals surface area contributed by atoms with Gasteiger partial charge in [-0.05, 0) is 13.3 Å². The summed E-state index contributed by atoms with van der Waals surface area (Å²) in [7, 11) is 0. The molecular weight excluding hydrogens is 350 g/mol. The summed E-state index contributed by atoms with van der Waals surface area (Å²) in [6.07, 6.45) is -0.226. The average Bonchev–Trinajstić information content (AvgIpc) is 2.47. The molecule has 0 aromatic heterocycles. The normalized spacial score (nSPS) is 14.9. The van der Waals surface area contributed by atoms with Gasteiger partial charge in [-0.3, -0.25) is 19.2 Å². The second-order valence-electron chi connectivity index (χ2n) is 6.84. The molecule has 0 radical (unpaired) electrons. The third-order valence-corrected chi connectivity index (χ3v) is 4.70. The topological polar surface area (TPSA) is 159 Å². The minimum atomic E-state index is -1.34. The maximum Gasteiger partial charge on any atom is 0.322 e. The van der Waals surface area contributed by atoms with Crippen molar-refractivity contribution in [1.29, 1.82) is 0 Å². The van der Waals surface area contributed by atoms with Crippen molar-refractivity contribution in [3.63, 3.8) is 0 Å². The van der Waals surface area contributed by atoms with E-state index in [1.165, 1.54) is 18.7 Å². The number of carboxylic acids is 2. The fourth-order valence-electron chi connectivity index (χ4n) is 1.65. The van der Waals surface area contributed by atoms with Crippen LogP contribution in [-0.4, -0.2) is 62.6 Å². The van der Waals surface area contributed by atoms with Crippen molar-refractivity contribution in [3.8, 4) is 0 Å². The van der Waals surface area contributed by atoms with Crippen LogP contribution in [0.3, 0.4) is 0 Å². The van der Waals surface area contributed by atoms with Crippen molar-refractivity contribution in [3.05, 3.63) is 0 Å². The van der Waals surface area contributed by atoms with E-state index in [0.717, 1.165) is 0 Å². The Kier molecular flexibility index (Phi) is 8.92. The van der Waals surface area contributed by atoms with Crippen molar-refractivity contribution >= 4 is 35.5 Å². The molecule has 6 N–H and O–H groups in total. The molecule has 0 saturated carbocycles. The molecule has 0 aliphatic heterocycles. The first-order valence-corrected chi connectivity index (χ1v) is 8.69. The molecule has 0 fully saturated rings. The molecule has 0 aliphatic rings. The number of nitrogens with one attached hydrogen (secondary N) is 2.